The van der Waals surface area contributed by atoms with Crippen LogP contribution in [0.2, 0.25) is 0 Å². The van der Waals surface area contributed by atoms with Gasteiger partial charge in [0.1, 0.15) is 11.5 Å². The summed E-state index contributed by atoms with van der Waals surface area (Å²) in [6.45, 7) is 0.782. The summed E-state index contributed by atoms with van der Waals surface area (Å²) in [6, 6.07) is 7.91. The first-order chi connectivity index (χ1) is 9.40. The Balaban J connectivity index is 1.58. The zero-order valence-electron chi connectivity index (χ0n) is 10.5. The standard InChI is InChI=1S/C14H16N2O3/c1-2-10-17-13(3-1)18-11-4-6-12(7-5-11)19-14-15-8-9-16-14/h4-9,13H,1-3,10H2,(H,15,16). The number of nitrogens with zero attached hydrogens (tertiary/aromatic N) is 1. The molecule has 19 heavy (non-hydrogen) atoms. The van der Waals surface area contributed by atoms with Gasteiger partial charge in [0.05, 0.1) is 6.61 Å². The summed E-state index contributed by atoms with van der Waals surface area (Å²) in [5.41, 5.74) is 0. The van der Waals surface area contributed by atoms with E-state index in [2.05, 4.69) is 9.97 Å². The van der Waals surface area contributed by atoms with Crippen LogP contribution in [0, 0.1) is 0 Å². The summed E-state index contributed by atoms with van der Waals surface area (Å²) in [4.78, 5) is 6.88. The molecule has 0 aliphatic carbocycles. The average Bonchev–Trinajstić information content (AvgIpc) is 2.95. The summed E-state index contributed by atoms with van der Waals surface area (Å²) < 4.78 is 16.8. The highest BCUT2D eigenvalue weighted by molar-refractivity contribution is 5.32. The maximum atomic E-state index is 5.74. The van der Waals surface area contributed by atoms with Crippen molar-refractivity contribution in [3.05, 3.63) is 36.7 Å². The number of hydrogen-bond acceptors (Lipinski definition) is 4. The Hall–Kier alpha value is -2.01. The SMILES string of the molecule is c1c[nH]c(Oc2ccc(OC3CCCCO3)cc2)n1. The van der Waals surface area contributed by atoms with Crippen LogP contribution in [-0.4, -0.2) is 22.9 Å². The van der Waals surface area contributed by atoms with Gasteiger partial charge in [-0.2, -0.15) is 0 Å². The zero-order valence-corrected chi connectivity index (χ0v) is 10.5. The second kappa shape index (κ2) is 5.75. The van der Waals surface area contributed by atoms with Crippen molar-refractivity contribution in [2.45, 2.75) is 25.6 Å². The fourth-order valence-corrected chi connectivity index (χ4v) is 1.96. The van der Waals surface area contributed by atoms with Gasteiger partial charge in [-0.25, -0.2) is 4.98 Å². The quantitative estimate of drug-likeness (QED) is 0.917. The summed E-state index contributed by atoms with van der Waals surface area (Å²) in [6.07, 6.45) is 6.47. The molecule has 1 aromatic carbocycles. The maximum absolute atomic E-state index is 5.74. The lowest BCUT2D eigenvalue weighted by atomic mass is 10.2. The highest BCUT2D eigenvalue weighted by atomic mass is 16.7. The number of aromatic amines is 1. The third-order valence-electron chi connectivity index (χ3n) is 2.92. The lowest BCUT2D eigenvalue weighted by Gasteiger charge is -2.23. The molecule has 0 bridgehead atoms. The highest BCUT2D eigenvalue weighted by Gasteiger charge is 2.15. The number of nitrogens with one attached hydrogen (secondary N) is 1. The number of aromatic nitrogens is 2. The molecule has 2 aromatic rings. The molecule has 1 unspecified atom stereocenters. The molecule has 0 amide bonds. The Labute approximate surface area is 111 Å². The van der Waals surface area contributed by atoms with E-state index in [1.807, 2.05) is 24.3 Å². The van der Waals surface area contributed by atoms with Crippen molar-refractivity contribution in [2.24, 2.45) is 0 Å². The molecular formula is C14H16N2O3. The van der Waals surface area contributed by atoms with Gasteiger partial charge >= 0.3 is 0 Å². The van der Waals surface area contributed by atoms with E-state index in [-0.39, 0.29) is 6.29 Å². The van der Waals surface area contributed by atoms with Crippen LogP contribution in [0.25, 0.3) is 0 Å². The number of hydrogen-bond donors (Lipinski definition) is 1. The van der Waals surface area contributed by atoms with Crippen molar-refractivity contribution >= 4 is 0 Å². The van der Waals surface area contributed by atoms with E-state index in [9.17, 15) is 0 Å². The smallest absolute Gasteiger partial charge is 0.299 e. The minimum Gasteiger partial charge on any atom is -0.465 e. The van der Waals surface area contributed by atoms with Crippen molar-refractivity contribution in [2.75, 3.05) is 6.61 Å². The molecule has 1 N–H and O–H groups in total. The van der Waals surface area contributed by atoms with Crippen LogP contribution >= 0.6 is 0 Å². The van der Waals surface area contributed by atoms with Crippen molar-refractivity contribution < 1.29 is 14.2 Å². The molecule has 0 radical (unpaired) electrons. The molecule has 1 aliphatic rings. The van der Waals surface area contributed by atoms with Crippen LogP contribution in [0.5, 0.6) is 17.5 Å². The predicted octanol–water partition coefficient (Wildman–Crippen LogP) is 3.11. The van der Waals surface area contributed by atoms with Crippen LogP contribution in [-0.2, 0) is 4.74 Å². The fourth-order valence-electron chi connectivity index (χ4n) is 1.96. The summed E-state index contributed by atoms with van der Waals surface area (Å²) in [7, 11) is 0. The molecule has 5 heteroatoms. The molecular weight excluding hydrogens is 244 g/mol. The molecule has 0 saturated carbocycles. The number of ether oxygens (including phenoxy) is 3. The molecule has 1 aliphatic heterocycles. The lowest BCUT2D eigenvalue weighted by molar-refractivity contribution is -0.105. The van der Waals surface area contributed by atoms with Gasteiger partial charge in [-0.15, -0.1) is 0 Å². The highest BCUT2D eigenvalue weighted by Crippen LogP contribution is 2.23. The van der Waals surface area contributed by atoms with Crippen LogP contribution in [0.15, 0.2) is 36.7 Å². The van der Waals surface area contributed by atoms with Gasteiger partial charge in [-0.3, -0.25) is 0 Å². The summed E-state index contributed by atoms with van der Waals surface area (Å²) in [5.74, 6) is 1.51. The molecule has 100 valence electrons. The molecule has 1 atom stereocenters. The fraction of sp³-hybridized carbons (Fsp3) is 0.357. The van der Waals surface area contributed by atoms with Crippen molar-refractivity contribution in [1.29, 1.82) is 0 Å². The first-order valence-corrected chi connectivity index (χ1v) is 6.46. The Morgan fingerprint density at radius 1 is 1.16 bits per heavy atom. The van der Waals surface area contributed by atoms with E-state index in [1.54, 1.807) is 12.4 Å². The first-order valence-electron chi connectivity index (χ1n) is 6.46. The normalized spacial score (nSPS) is 19.1. The van der Waals surface area contributed by atoms with E-state index in [4.69, 9.17) is 14.2 Å². The number of imidazole rings is 1. The van der Waals surface area contributed by atoms with Crippen molar-refractivity contribution in [1.82, 2.24) is 9.97 Å². The predicted molar refractivity (Wildman–Crippen MR) is 69.3 cm³/mol. The first kappa shape index (κ1) is 12.0. The van der Waals surface area contributed by atoms with E-state index < -0.39 is 0 Å². The zero-order chi connectivity index (χ0) is 12.9. The summed E-state index contributed by atoms with van der Waals surface area (Å²) >= 11 is 0. The van der Waals surface area contributed by atoms with E-state index in [0.717, 1.165) is 31.6 Å². The lowest BCUT2D eigenvalue weighted by Crippen LogP contribution is -2.24. The van der Waals surface area contributed by atoms with Gasteiger partial charge in [0, 0.05) is 18.8 Å². The Morgan fingerprint density at radius 3 is 2.68 bits per heavy atom. The van der Waals surface area contributed by atoms with Crippen LogP contribution in [0.3, 0.4) is 0 Å². The average molecular weight is 260 g/mol. The van der Waals surface area contributed by atoms with E-state index in [0.29, 0.717) is 11.8 Å². The second-order valence-corrected chi connectivity index (χ2v) is 4.38. The Bertz CT molecular complexity index is 490. The third kappa shape index (κ3) is 3.26. The van der Waals surface area contributed by atoms with E-state index >= 15 is 0 Å². The van der Waals surface area contributed by atoms with Crippen LogP contribution < -0.4 is 9.47 Å². The van der Waals surface area contributed by atoms with E-state index in [1.165, 1.54) is 0 Å². The molecule has 1 aromatic heterocycles. The Morgan fingerprint density at radius 2 is 2.00 bits per heavy atom. The third-order valence-corrected chi connectivity index (χ3v) is 2.92. The van der Waals surface area contributed by atoms with Gasteiger partial charge in [-0.05, 0) is 37.1 Å². The van der Waals surface area contributed by atoms with Crippen LogP contribution in [0.4, 0.5) is 0 Å². The monoisotopic (exact) mass is 260 g/mol. The maximum Gasteiger partial charge on any atom is 0.299 e. The topological polar surface area (TPSA) is 56.4 Å². The van der Waals surface area contributed by atoms with Crippen molar-refractivity contribution in [3.8, 4) is 17.5 Å². The van der Waals surface area contributed by atoms with Gasteiger partial charge < -0.3 is 19.2 Å². The summed E-state index contributed by atoms with van der Waals surface area (Å²) in [5, 5.41) is 0. The largest absolute Gasteiger partial charge is 0.465 e. The molecule has 1 saturated heterocycles. The number of rotatable bonds is 4. The minimum atomic E-state index is -0.120. The van der Waals surface area contributed by atoms with Gasteiger partial charge in [0.2, 0.25) is 0 Å². The molecule has 0 spiro atoms. The van der Waals surface area contributed by atoms with Gasteiger partial charge in [0.25, 0.3) is 6.01 Å². The molecule has 5 nitrogen and oxygen atoms in total. The molecule has 1 fully saturated rings. The number of benzene rings is 1. The van der Waals surface area contributed by atoms with Crippen molar-refractivity contribution in [3.63, 3.8) is 0 Å². The Kier molecular flexibility index (Phi) is 3.65. The second-order valence-electron chi connectivity index (χ2n) is 4.38. The van der Waals surface area contributed by atoms with Gasteiger partial charge in [-0.1, -0.05) is 0 Å². The molecule has 3 rings (SSSR count). The molecule has 2 heterocycles. The van der Waals surface area contributed by atoms with Gasteiger partial charge in [0.15, 0.2) is 6.29 Å². The number of H-pyrrole nitrogens is 1. The minimum absolute atomic E-state index is 0.120. The van der Waals surface area contributed by atoms with Crippen LogP contribution in [0.1, 0.15) is 19.3 Å².